The fourth-order valence-electron chi connectivity index (χ4n) is 2.46. The van der Waals surface area contributed by atoms with Crippen molar-refractivity contribution in [1.29, 1.82) is 0 Å². The summed E-state index contributed by atoms with van der Waals surface area (Å²) in [6, 6.07) is 3.55. The van der Waals surface area contributed by atoms with Crippen LogP contribution in [-0.4, -0.2) is 57.0 Å². The van der Waals surface area contributed by atoms with Crippen molar-refractivity contribution in [2.45, 2.75) is 19.1 Å². The fraction of sp³-hybridized carbons (Fsp3) is 0.571. The van der Waals surface area contributed by atoms with Gasteiger partial charge in [0.2, 0.25) is 0 Å². The number of ether oxygens (including phenoxy) is 2. The van der Waals surface area contributed by atoms with Crippen LogP contribution in [0.2, 0.25) is 0 Å². The van der Waals surface area contributed by atoms with E-state index < -0.39 is 0 Å². The van der Waals surface area contributed by atoms with Gasteiger partial charge < -0.3 is 19.7 Å². The molecule has 1 aliphatic rings. The molecule has 0 radical (unpaired) electrons. The van der Waals surface area contributed by atoms with E-state index >= 15 is 0 Å². The van der Waals surface area contributed by atoms with Crippen LogP contribution in [0.3, 0.4) is 0 Å². The molecule has 0 spiro atoms. The third-order valence-electron chi connectivity index (χ3n) is 3.24. The largest absolute Gasteiger partial charge is 0.382 e. The van der Waals surface area contributed by atoms with E-state index in [4.69, 9.17) is 9.47 Å². The lowest BCUT2D eigenvalue weighted by atomic mass is 10.1. The maximum absolute atomic E-state index is 11.9. The Bertz CT molecular complexity index is 467. The number of carbonyl (C=O) groups excluding carboxylic acids is 1. The van der Waals surface area contributed by atoms with E-state index in [1.165, 1.54) is 0 Å². The Balaban J connectivity index is 2.23. The molecule has 1 N–H and O–H groups in total. The Kier molecular flexibility index (Phi) is 4.92. The van der Waals surface area contributed by atoms with Crippen LogP contribution in [0, 0.1) is 0 Å². The lowest BCUT2D eigenvalue weighted by Crippen LogP contribution is -2.49. The predicted molar refractivity (Wildman–Crippen MR) is 76.1 cm³/mol. The summed E-state index contributed by atoms with van der Waals surface area (Å²) in [5.74, 6) is 0.568. The van der Waals surface area contributed by atoms with E-state index in [0.717, 1.165) is 0 Å². The molecule has 2 heterocycles. The summed E-state index contributed by atoms with van der Waals surface area (Å²) in [6.07, 6.45) is 1.76. The third kappa shape index (κ3) is 3.26. The number of carbonyl (C=O) groups is 1. The predicted octanol–water partition coefficient (Wildman–Crippen LogP) is 0.681. The van der Waals surface area contributed by atoms with Gasteiger partial charge in [0.15, 0.2) is 0 Å². The summed E-state index contributed by atoms with van der Waals surface area (Å²) in [5.41, 5.74) is 0.584. The second-order valence-electron chi connectivity index (χ2n) is 4.88. The summed E-state index contributed by atoms with van der Waals surface area (Å²) < 4.78 is 11.0. The topological polar surface area (TPSA) is 63.7 Å². The summed E-state index contributed by atoms with van der Waals surface area (Å²) in [4.78, 5) is 18.4. The number of methoxy groups -OCH3 is 1. The molecule has 1 fully saturated rings. The number of nitrogens with zero attached hydrogens (tertiary/aromatic N) is 2. The number of morpholine rings is 1. The van der Waals surface area contributed by atoms with Gasteiger partial charge in [0, 0.05) is 33.4 Å². The molecule has 0 aliphatic carbocycles. The summed E-state index contributed by atoms with van der Waals surface area (Å²) in [5, 5.41) is 2.65. The second-order valence-corrected chi connectivity index (χ2v) is 4.88. The maximum Gasteiger partial charge on any atom is 0.254 e. The molecule has 1 aromatic heterocycles. The summed E-state index contributed by atoms with van der Waals surface area (Å²) in [7, 11) is 3.28. The van der Waals surface area contributed by atoms with Crippen LogP contribution in [0.15, 0.2) is 18.3 Å². The van der Waals surface area contributed by atoms with Crippen molar-refractivity contribution >= 4 is 11.7 Å². The van der Waals surface area contributed by atoms with Gasteiger partial charge in [0.1, 0.15) is 5.82 Å². The highest BCUT2D eigenvalue weighted by Gasteiger charge is 2.28. The molecule has 6 heteroatoms. The van der Waals surface area contributed by atoms with E-state index in [9.17, 15) is 4.79 Å². The number of anilines is 1. The molecule has 2 rings (SSSR count). The van der Waals surface area contributed by atoms with Gasteiger partial charge in [-0.15, -0.1) is 0 Å². The van der Waals surface area contributed by atoms with Crippen molar-refractivity contribution in [1.82, 2.24) is 10.3 Å². The van der Waals surface area contributed by atoms with Gasteiger partial charge >= 0.3 is 0 Å². The Labute approximate surface area is 119 Å². The quantitative estimate of drug-likeness (QED) is 0.878. The molecule has 110 valence electrons. The summed E-state index contributed by atoms with van der Waals surface area (Å²) in [6.45, 7) is 3.92. The molecule has 2 unspecified atom stereocenters. The van der Waals surface area contributed by atoms with E-state index in [2.05, 4.69) is 15.2 Å². The van der Waals surface area contributed by atoms with Crippen LogP contribution in [0.5, 0.6) is 0 Å². The lowest BCUT2D eigenvalue weighted by Gasteiger charge is -2.37. The first kappa shape index (κ1) is 14.7. The minimum Gasteiger partial charge on any atom is -0.382 e. The van der Waals surface area contributed by atoms with E-state index in [1.807, 2.05) is 6.92 Å². The lowest BCUT2D eigenvalue weighted by molar-refractivity contribution is -0.0513. The zero-order chi connectivity index (χ0) is 14.5. The molecule has 1 aliphatic heterocycles. The van der Waals surface area contributed by atoms with Gasteiger partial charge in [0.25, 0.3) is 5.91 Å². The monoisotopic (exact) mass is 279 g/mol. The Morgan fingerprint density at radius 1 is 1.60 bits per heavy atom. The van der Waals surface area contributed by atoms with Crippen LogP contribution in [0.25, 0.3) is 0 Å². The first-order chi connectivity index (χ1) is 9.65. The molecule has 1 amide bonds. The number of amides is 1. The number of aromatic nitrogens is 1. The van der Waals surface area contributed by atoms with Crippen molar-refractivity contribution in [2.75, 3.05) is 38.8 Å². The first-order valence-corrected chi connectivity index (χ1v) is 6.72. The molecule has 1 saturated heterocycles. The number of pyridine rings is 1. The third-order valence-corrected chi connectivity index (χ3v) is 3.24. The standard InChI is InChI=1S/C14H21N3O3/c1-10-7-17(8-11(20-10)9-19-3)13-12(14(18)15-2)5-4-6-16-13/h4-6,10-11H,7-9H2,1-3H3,(H,15,18). The van der Waals surface area contributed by atoms with Crippen molar-refractivity contribution in [2.24, 2.45) is 0 Å². The van der Waals surface area contributed by atoms with Crippen LogP contribution >= 0.6 is 0 Å². The van der Waals surface area contributed by atoms with Crippen LogP contribution in [0.4, 0.5) is 5.82 Å². The molecule has 6 nitrogen and oxygen atoms in total. The molecule has 0 aromatic carbocycles. The average molecular weight is 279 g/mol. The zero-order valence-corrected chi connectivity index (χ0v) is 12.1. The fourth-order valence-corrected chi connectivity index (χ4v) is 2.46. The Hall–Kier alpha value is -1.66. The smallest absolute Gasteiger partial charge is 0.254 e. The van der Waals surface area contributed by atoms with Gasteiger partial charge in [0.05, 0.1) is 24.4 Å². The average Bonchev–Trinajstić information content (AvgIpc) is 2.46. The van der Waals surface area contributed by atoms with E-state index in [-0.39, 0.29) is 18.1 Å². The highest BCUT2D eigenvalue weighted by atomic mass is 16.5. The van der Waals surface area contributed by atoms with E-state index in [0.29, 0.717) is 31.1 Å². The second kappa shape index (κ2) is 6.67. The van der Waals surface area contributed by atoms with Gasteiger partial charge in [-0.05, 0) is 19.1 Å². The van der Waals surface area contributed by atoms with Crippen LogP contribution < -0.4 is 10.2 Å². The van der Waals surface area contributed by atoms with Crippen molar-refractivity contribution in [3.05, 3.63) is 23.9 Å². The van der Waals surface area contributed by atoms with Crippen molar-refractivity contribution in [3.63, 3.8) is 0 Å². The normalized spacial score (nSPS) is 22.6. The Morgan fingerprint density at radius 3 is 3.10 bits per heavy atom. The maximum atomic E-state index is 11.9. The molecular weight excluding hydrogens is 258 g/mol. The molecule has 2 atom stereocenters. The molecule has 0 saturated carbocycles. The summed E-state index contributed by atoms with van der Waals surface area (Å²) >= 11 is 0. The van der Waals surface area contributed by atoms with E-state index in [1.54, 1.807) is 32.5 Å². The number of rotatable bonds is 4. The minimum atomic E-state index is -0.129. The van der Waals surface area contributed by atoms with Crippen LogP contribution in [-0.2, 0) is 9.47 Å². The van der Waals surface area contributed by atoms with Gasteiger partial charge in [-0.1, -0.05) is 0 Å². The molecule has 0 bridgehead atoms. The molecule has 1 aromatic rings. The minimum absolute atomic E-state index is 0.0108. The highest BCUT2D eigenvalue weighted by molar-refractivity contribution is 5.98. The van der Waals surface area contributed by atoms with Crippen LogP contribution in [0.1, 0.15) is 17.3 Å². The zero-order valence-electron chi connectivity index (χ0n) is 12.1. The number of hydrogen-bond donors (Lipinski definition) is 1. The van der Waals surface area contributed by atoms with Gasteiger partial charge in [-0.2, -0.15) is 0 Å². The number of nitrogens with one attached hydrogen (secondary N) is 1. The first-order valence-electron chi connectivity index (χ1n) is 6.72. The Morgan fingerprint density at radius 2 is 2.40 bits per heavy atom. The number of hydrogen-bond acceptors (Lipinski definition) is 5. The SMILES string of the molecule is CNC(=O)c1cccnc1N1CC(C)OC(COC)C1. The van der Waals surface area contributed by atoms with Gasteiger partial charge in [-0.3, -0.25) is 4.79 Å². The van der Waals surface area contributed by atoms with Crippen molar-refractivity contribution in [3.8, 4) is 0 Å². The van der Waals surface area contributed by atoms with Crippen molar-refractivity contribution < 1.29 is 14.3 Å². The molecule has 20 heavy (non-hydrogen) atoms. The highest BCUT2D eigenvalue weighted by Crippen LogP contribution is 2.22. The van der Waals surface area contributed by atoms with Gasteiger partial charge in [-0.25, -0.2) is 4.98 Å². The molecular formula is C14H21N3O3.